The maximum atomic E-state index is 12.3. The zero-order valence-corrected chi connectivity index (χ0v) is 11.5. The molecule has 3 heterocycles. The van der Waals surface area contributed by atoms with Gasteiger partial charge in [0.05, 0.1) is 5.69 Å². The molecule has 0 spiro atoms. The van der Waals surface area contributed by atoms with Gasteiger partial charge in [-0.15, -0.1) is 0 Å². The third-order valence-corrected chi connectivity index (χ3v) is 4.96. The predicted molar refractivity (Wildman–Crippen MR) is 72.5 cm³/mol. The van der Waals surface area contributed by atoms with Crippen LogP contribution in [0.3, 0.4) is 0 Å². The van der Waals surface area contributed by atoms with Crippen molar-refractivity contribution in [1.82, 2.24) is 4.98 Å². The van der Waals surface area contributed by atoms with Crippen LogP contribution in [0.1, 0.15) is 19.3 Å². The van der Waals surface area contributed by atoms with Crippen LogP contribution in [0.2, 0.25) is 0 Å². The van der Waals surface area contributed by atoms with Gasteiger partial charge in [0.25, 0.3) is 0 Å². The second kappa shape index (κ2) is 3.70. The molecule has 3 aliphatic rings. The summed E-state index contributed by atoms with van der Waals surface area (Å²) in [6.07, 6.45) is 5.52. The highest BCUT2D eigenvalue weighted by Gasteiger charge is 2.50. The first kappa shape index (κ1) is 10.8. The summed E-state index contributed by atoms with van der Waals surface area (Å²) >= 11 is 3.40. The van der Waals surface area contributed by atoms with Crippen molar-refractivity contribution in [1.29, 1.82) is 0 Å². The highest BCUT2D eigenvalue weighted by Crippen LogP contribution is 2.47. The van der Waals surface area contributed by atoms with E-state index in [1.165, 1.54) is 19.3 Å². The maximum absolute atomic E-state index is 12.3. The molecule has 1 amide bonds. The molecule has 1 aromatic rings. The van der Waals surface area contributed by atoms with Gasteiger partial charge in [-0.05, 0) is 46.7 Å². The molecular formula is C13H14BrN3O. The summed E-state index contributed by atoms with van der Waals surface area (Å²) < 4.78 is 0.902. The van der Waals surface area contributed by atoms with E-state index in [-0.39, 0.29) is 11.9 Å². The van der Waals surface area contributed by atoms with E-state index in [9.17, 15) is 4.79 Å². The average Bonchev–Trinajstić information content (AvgIpc) is 2.87. The lowest BCUT2D eigenvalue weighted by Crippen LogP contribution is -2.47. The van der Waals surface area contributed by atoms with Gasteiger partial charge < -0.3 is 10.2 Å². The zero-order chi connectivity index (χ0) is 12.3. The summed E-state index contributed by atoms with van der Waals surface area (Å²) in [4.78, 5) is 19.0. The highest BCUT2D eigenvalue weighted by molar-refractivity contribution is 9.10. The number of halogens is 1. The fraction of sp³-hybridized carbons (Fsp3) is 0.538. The van der Waals surface area contributed by atoms with Crippen LogP contribution < -0.4 is 10.2 Å². The summed E-state index contributed by atoms with van der Waals surface area (Å²) in [6.45, 7) is 0.990. The third-order valence-electron chi connectivity index (χ3n) is 4.52. The van der Waals surface area contributed by atoms with Crippen LogP contribution in [0, 0.1) is 11.8 Å². The number of fused-ring (bicyclic) bond motifs is 5. The van der Waals surface area contributed by atoms with Crippen molar-refractivity contribution in [3.8, 4) is 0 Å². The first-order valence-electron chi connectivity index (χ1n) is 6.47. The number of pyridine rings is 1. The summed E-state index contributed by atoms with van der Waals surface area (Å²) in [5.41, 5.74) is 0.839. The molecule has 3 atom stereocenters. The molecule has 1 aliphatic carbocycles. The van der Waals surface area contributed by atoms with Crippen molar-refractivity contribution in [3.63, 3.8) is 0 Å². The molecule has 0 bridgehead atoms. The van der Waals surface area contributed by atoms with Gasteiger partial charge in [0.1, 0.15) is 6.04 Å². The molecule has 4 nitrogen and oxygen atoms in total. The second-order valence-electron chi connectivity index (χ2n) is 5.47. The maximum Gasteiger partial charge on any atom is 0.247 e. The molecule has 1 saturated heterocycles. The summed E-state index contributed by atoms with van der Waals surface area (Å²) in [6, 6.07) is 1.95. The van der Waals surface area contributed by atoms with Crippen LogP contribution in [0.15, 0.2) is 16.7 Å². The van der Waals surface area contributed by atoms with E-state index in [0.717, 1.165) is 22.5 Å². The molecule has 2 fully saturated rings. The number of nitrogens with zero attached hydrogens (tertiary/aromatic N) is 2. The Labute approximate surface area is 114 Å². The highest BCUT2D eigenvalue weighted by atomic mass is 79.9. The largest absolute Gasteiger partial charge is 0.342 e. The topological polar surface area (TPSA) is 45.2 Å². The minimum Gasteiger partial charge on any atom is -0.342 e. The Balaban J connectivity index is 1.80. The number of carbonyl (C=O) groups excluding carboxylic acids is 1. The van der Waals surface area contributed by atoms with E-state index in [1.54, 1.807) is 0 Å². The third kappa shape index (κ3) is 1.37. The lowest BCUT2D eigenvalue weighted by molar-refractivity contribution is -0.118. The molecule has 18 heavy (non-hydrogen) atoms. The number of nitrogens with one attached hydrogen (secondary N) is 1. The van der Waals surface area contributed by atoms with Crippen LogP contribution in [0.25, 0.3) is 0 Å². The van der Waals surface area contributed by atoms with Crippen molar-refractivity contribution < 1.29 is 4.79 Å². The molecule has 4 rings (SSSR count). The number of aromatic nitrogens is 1. The average molecular weight is 308 g/mol. The lowest BCUT2D eigenvalue weighted by Gasteiger charge is -2.33. The Morgan fingerprint density at radius 1 is 1.44 bits per heavy atom. The summed E-state index contributed by atoms with van der Waals surface area (Å²) in [7, 11) is 0. The van der Waals surface area contributed by atoms with Crippen LogP contribution in [0.5, 0.6) is 0 Å². The number of anilines is 2. The molecule has 94 valence electrons. The summed E-state index contributed by atoms with van der Waals surface area (Å²) in [5.74, 6) is 2.30. The van der Waals surface area contributed by atoms with E-state index in [2.05, 4.69) is 31.1 Å². The number of carbonyl (C=O) groups is 1. The Morgan fingerprint density at radius 2 is 2.33 bits per heavy atom. The number of rotatable bonds is 0. The van der Waals surface area contributed by atoms with Gasteiger partial charge in [-0.25, -0.2) is 4.98 Å². The smallest absolute Gasteiger partial charge is 0.247 e. The SMILES string of the molecule is O=C1Nc2cc(Br)cnc2N2CC3CCCC3C12. The van der Waals surface area contributed by atoms with Gasteiger partial charge in [-0.1, -0.05) is 6.42 Å². The Morgan fingerprint density at radius 3 is 3.22 bits per heavy atom. The van der Waals surface area contributed by atoms with Crippen LogP contribution in [0.4, 0.5) is 11.5 Å². The van der Waals surface area contributed by atoms with E-state index >= 15 is 0 Å². The molecule has 1 N–H and O–H groups in total. The van der Waals surface area contributed by atoms with Gasteiger partial charge in [0.2, 0.25) is 5.91 Å². The fourth-order valence-electron chi connectivity index (χ4n) is 3.82. The lowest BCUT2D eigenvalue weighted by atomic mass is 9.93. The van der Waals surface area contributed by atoms with Gasteiger partial charge in [0.15, 0.2) is 5.82 Å². The van der Waals surface area contributed by atoms with E-state index < -0.39 is 0 Å². The van der Waals surface area contributed by atoms with Crippen molar-refractivity contribution in [2.75, 3.05) is 16.8 Å². The first-order valence-corrected chi connectivity index (χ1v) is 7.26. The number of hydrogen-bond acceptors (Lipinski definition) is 3. The Kier molecular flexibility index (Phi) is 2.22. The van der Waals surface area contributed by atoms with Crippen LogP contribution in [-0.2, 0) is 4.79 Å². The van der Waals surface area contributed by atoms with Gasteiger partial charge in [-0.2, -0.15) is 0 Å². The fourth-order valence-corrected chi connectivity index (χ4v) is 4.15. The van der Waals surface area contributed by atoms with Crippen molar-refractivity contribution in [2.45, 2.75) is 25.3 Å². The minimum absolute atomic E-state index is 0.0127. The van der Waals surface area contributed by atoms with Gasteiger partial charge >= 0.3 is 0 Å². The normalized spacial score (nSPS) is 32.8. The van der Waals surface area contributed by atoms with Crippen molar-refractivity contribution in [3.05, 3.63) is 16.7 Å². The molecule has 1 aromatic heterocycles. The van der Waals surface area contributed by atoms with E-state index in [1.807, 2.05) is 12.3 Å². The number of hydrogen-bond donors (Lipinski definition) is 1. The molecule has 0 aromatic carbocycles. The molecule has 3 unspecified atom stereocenters. The van der Waals surface area contributed by atoms with E-state index in [4.69, 9.17) is 0 Å². The molecule has 1 saturated carbocycles. The van der Waals surface area contributed by atoms with Crippen molar-refractivity contribution in [2.24, 2.45) is 11.8 Å². The summed E-state index contributed by atoms with van der Waals surface area (Å²) in [5, 5.41) is 3.01. The second-order valence-corrected chi connectivity index (χ2v) is 6.38. The van der Waals surface area contributed by atoms with Crippen molar-refractivity contribution >= 4 is 33.3 Å². The van der Waals surface area contributed by atoms with Gasteiger partial charge in [-0.3, -0.25) is 4.79 Å². The molecule has 5 heteroatoms. The minimum atomic E-state index is 0.0127. The Bertz CT molecular complexity index is 533. The van der Waals surface area contributed by atoms with Gasteiger partial charge in [0, 0.05) is 17.2 Å². The predicted octanol–water partition coefficient (Wildman–Crippen LogP) is 2.40. The van der Waals surface area contributed by atoms with Crippen LogP contribution in [-0.4, -0.2) is 23.5 Å². The molecular weight excluding hydrogens is 294 g/mol. The monoisotopic (exact) mass is 307 g/mol. The van der Waals surface area contributed by atoms with E-state index in [0.29, 0.717) is 11.8 Å². The molecule has 2 aliphatic heterocycles. The first-order chi connectivity index (χ1) is 8.74. The zero-order valence-electron chi connectivity index (χ0n) is 9.90. The quantitative estimate of drug-likeness (QED) is 0.800. The van der Waals surface area contributed by atoms with Crippen LogP contribution >= 0.6 is 15.9 Å². The number of amides is 1. The molecule has 0 radical (unpaired) electrons. The Hall–Kier alpha value is -1.10. The standard InChI is InChI=1S/C13H14BrN3O/c14-8-4-10-12(15-5-8)17-6-7-2-1-3-9(7)11(17)13(18)16-10/h4-5,7,9,11H,1-3,6H2,(H,16,18).